The number of pyridine rings is 1. The number of hydrogen-bond acceptors (Lipinski definition) is 9. The average molecular weight is 369 g/mol. The Hall–Kier alpha value is -3.46. The van der Waals surface area contributed by atoms with E-state index in [-0.39, 0.29) is 0 Å². The third kappa shape index (κ3) is 4.54. The van der Waals surface area contributed by atoms with E-state index in [1.807, 2.05) is 12.1 Å². The maximum absolute atomic E-state index is 11.5. The topological polar surface area (TPSA) is 112 Å². The van der Waals surface area contributed by atoms with Crippen LogP contribution in [-0.2, 0) is 4.74 Å². The van der Waals surface area contributed by atoms with Crippen LogP contribution < -0.4 is 15.9 Å². The van der Waals surface area contributed by atoms with Crippen molar-refractivity contribution in [3.05, 3.63) is 59.1 Å². The number of thiazole rings is 1. The minimum atomic E-state index is -0.446. The summed E-state index contributed by atoms with van der Waals surface area (Å²) in [6.45, 7) is 0. The molecule has 3 N–H and O–H groups in total. The van der Waals surface area contributed by atoms with E-state index < -0.39 is 5.97 Å². The first-order valence-corrected chi connectivity index (χ1v) is 8.34. The zero-order chi connectivity index (χ0) is 18.4. The van der Waals surface area contributed by atoms with Crippen molar-refractivity contribution in [3.63, 3.8) is 0 Å². The van der Waals surface area contributed by atoms with Crippen molar-refractivity contribution in [3.8, 4) is 11.6 Å². The summed E-state index contributed by atoms with van der Waals surface area (Å²) < 4.78 is 10.3. The number of nitrogens with one attached hydrogen (secondary N) is 1. The molecule has 0 bridgehead atoms. The number of ether oxygens (including phenoxy) is 2. The molecule has 2 heterocycles. The van der Waals surface area contributed by atoms with Gasteiger partial charge in [-0.05, 0) is 35.9 Å². The summed E-state index contributed by atoms with van der Waals surface area (Å²) in [7, 11) is 1.32. The molecule has 1 aromatic carbocycles. The Kier molecular flexibility index (Phi) is 5.40. The van der Waals surface area contributed by atoms with Crippen LogP contribution in [0.5, 0.6) is 11.6 Å². The largest absolute Gasteiger partial charge is 0.465 e. The summed E-state index contributed by atoms with van der Waals surface area (Å²) in [5, 5.41) is 6.44. The minimum absolute atomic E-state index is 0.303. The van der Waals surface area contributed by atoms with Crippen LogP contribution in [0.1, 0.15) is 15.9 Å². The molecule has 0 spiro atoms. The Morgan fingerprint density at radius 1 is 1.31 bits per heavy atom. The van der Waals surface area contributed by atoms with Crippen molar-refractivity contribution >= 4 is 34.5 Å². The SMILES string of the molecule is COC(=O)c1ccnc(Oc2ccc(C=NNc3nc(N)cs3)cc2)c1. The third-order valence-corrected chi connectivity index (χ3v) is 3.92. The first kappa shape index (κ1) is 17.4. The number of nitrogens with zero attached hydrogens (tertiary/aromatic N) is 3. The van der Waals surface area contributed by atoms with E-state index in [4.69, 9.17) is 10.5 Å². The number of rotatable bonds is 6. The van der Waals surface area contributed by atoms with Crippen molar-refractivity contribution in [1.29, 1.82) is 0 Å². The van der Waals surface area contributed by atoms with Crippen molar-refractivity contribution in [1.82, 2.24) is 9.97 Å². The Balaban J connectivity index is 1.61. The Bertz CT molecular complexity index is 924. The molecule has 0 aliphatic carbocycles. The first-order valence-electron chi connectivity index (χ1n) is 7.46. The number of nitrogens with two attached hydrogens (primary N) is 1. The van der Waals surface area contributed by atoms with E-state index >= 15 is 0 Å². The quantitative estimate of drug-likeness (QED) is 0.390. The molecular weight excluding hydrogens is 354 g/mol. The second-order valence-electron chi connectivity index (χ2n) is 4.99. The molecule has 26 heavy (non-hydrogen) atoms. The number of hydrazone groups is 1. The van der Waals surface area contributed by atoms with Gasteiger partial charge in [0.2, 0.25) is 11.0 Å². The molecule has 0 fully saturated rings. The van der Waals surface area contributed by atoms with Gasteiger partial charge in [0.15, 0.2) is 0 Å². The van der Waals surface area contributed by atoms with Crippen molar-refractivity contribution in [2.45, 2.75) is 0 Å². The van der Waals surface area contributed by atoms with Gasteiger partial charge in [-0.15, -0.1) is 11.3 Å². The fourth-order valence-electron chi connectivity index (χ4n) is 1.95. The lowest BCUT2D eigenvalue weighted by molar-refractivity contribution is 0.0600. The standard InChI is InChI=1S/C17H15N5O3S/c1-24-16(23)12-6-7-19-15(8-12)25-13-4-2-11(3-5-13)9-20-22-17-21-14(18)10-26-17/h2-10H,18H2,1H3,(H,21,22). The normalized spacial score (nSPS) is 10.7. The van der Waals surface area contributed by atoms with Crippen LogP contribution in [0.25, 0.3) is 0 Å². The second kappa shape index (κ2) is 8.08. The number of methoxy groups -OCH3 is 1. The number of carbonyl (C=O) groups is 1. The lowest BCUT2D eigenvalue weighted by atomic mass is 10.2. The predicted octanol–water partition coefficient (Wildman–Crippen LogP) is 3.15. The highest BCUT2D eigenvalue weighted by atomic mass is 32.1. The molecule has 132 valence electrons. The van der Waals surface area contributed by atoms with Crippen LogP contribution in [0, 0.1) is 0 Å². The number of benzene rings is 1. The van der Waals surface area contributed by atoms with E-state index in [1.165, 1.54) is 30.7 Å². The van der Waals surface area contributed by atoms with Crippen molar-refractivity contribution in [2.24, 2.45) is 5.10 Å². The van der Waals surface area contributed by atoms with E-state index in [2.05, 4.69) is 25.2 Å². The average Bonchev–Trinajstić information content (AvgIpc) is 3.08. The summed E-state index contributed by atoms with van der Waals surface area (Å²) in [5.74, 6) is 0.895. The molecule has 3 aromatic rings. The summed E-state index contributed by atoms with van der Waals surface area (Å²) in [6.07, 6.45) is 3.14. The number of carbonyl (C=O) groups excluding carboxylic acids is 1. The fourth-order valence-corrected chi connectivity index (χ4v) is 2.50. The van der Waals surface area contributed by atoms with Gasteiger partial charge in [-0.1, -0.05) is 0 Å². The van der Waals surface area contributed by atoms with Crippen molar-refractivity contribution < 1.29 is 14.3 Å². The Morgan fingerprint density at radius 2 is 2.12 bits per heavy atom. The second-order valence-corrected chi connectivity index (χ2v) is 5.85. The summed E-state index contributed by atoms with van der Waals surface area (Å²) in [6, 6.07) is 10.3. The van der Waals surface area contributed by atoms with Gasteiger partial charge in [-0.2, -0.15) is 5.10 Å². The van der Waals surface area contributed by atoms with E-state index in [0.717, 1.165) is 5.56 Å². The molecule has 0 atom stereocenters. The first-order chi connectivity index (χ1) is 12.6. The molecule has 8 nitrogen and oxygen atoms in total. The lowest BCUT2D eigenvalue weighted by Gasteiger charge is -2.06. The zero-order valence-electron chi connectivity index (χ0n) is 13.7. The zero-order valence-corrected chi connectivity index (χ0v) is 14.6. The minimum Gasteiger partial charge on any atom is -0.465 e. The number of aromatic nitrogens is 2. The van der Waals surface area contributed by atoms with E-state index in [0.29, 0.717) is 28.1 Å². The molecule has 0 saturated carbocycles. The molecule has 0 amide bonds. The molecule has 3 rings (SSSR count). The molecule has 0 unspecified atom stereocenters. The highest BCUT2D eigenvalue weighted by Crippen LogP contribution is 2.21. The van der Waals surface area contributed by atoms with Gasteiger partial charge in [0.25, 0.3) is 0 Å². The summed E-state index contributed by atoms with van der Waals surface area (Å²) in [5.41, 5.74) is 9.58. The van der Waals surface area contributed by atoms with Gasteiger partial charge in [0.1, 0.15) is 11.6 Å². The van der Waals surface area contributed by atoms with Crippen LogP contribution >= 0.6 is 11.3 Å². The van der Waals surface area contributed by atoms with Crippen LogP contribution in [0.4, 0.5) is 10.9 Å². The predicted molar refractivity (Wildman–Crippen MR) is 99.8 cm³/mol. The highest BCUT2D eigenvalue weighted by molar-refractivity contribution is 7.14. The van der Waals surface area contributed by atoms with Gasteiger partial charge in [0, 0.05) is 17.6 Å². The van der Waals surface area contributed by atoms with Crippen LogP contribution in [0.15, 0.2) is 53.1 Å². The van der Waals surface area contributed by atoms with Gasteiger partial charge in [-0.25, -0.2) is 14.8 Å². The van der Waals surface area contributed by atoms with Gasteiger partial charge in [-0.3, -0.25) is 5.43 Å². The van der Waals surface area contributed by atoms with E-state index in [9.17, 15) is 4.79 Å². The summed E-state index contributed by atoms with van der Waals surface area (Å²) >= 11 is 1.37. The van der Waals surface area contributed by atoms with Crippen molar-refractivity contribution in [2.75, 3.05) is 18.3 Å². The Labute approximate surface area is 153 Å². The maximum atomic E-state index is 11.5. The number of anilines is 2. The van der Waals surface area contributed by atoms with E-state index in [1.54, 1.807) is 29.8 Å². The smallest absolute Gasteiger partial charge is 0.338 e. The molecule has 2 aromatic heterocycles. The molecule has 0 radical (unpaired) electrons. The number of esters is 1. The monoisotopic (exact) mass is 369 g/mol. The van der Waals surface area contributed by atoms with Gasteiger partial charge >= 0.3 is 5.97 Å². The molecule has 0 saturated heterocycles. The van der Waals surface area contributed by atoms with Crippen LogP contribution in [-0.4, -0.2) is 29.3 Å². The molecular formula is C17H15N5O3S. The molecule has 9 heteroatoms. The number of hydrogen-bond donors (Lipinski definition) is 2. The molecule has 0 aliphatic rings. The summed E-state index contributed by atoms with van der Waals surface area (Å²) in [4.78, 5) is 19.6. The van der Waals surface area contributed by atoms with Crippen LogP contribution in [0.2, 0.25) is 0 Å². The molecule has 0 aliphatic heterocycles. The van der Waals surface area contributed by atoms with Gasteiger partial charge < -0.3 is 15.2 Å². The maximum Gasteiger partial charge on any atom is 0.338 e. The fraction of sp³-hybridized carbons (Fsp3) is 0.0588. The van der Waals surface area contributed by atoms with Crippen LogP contribution in [0.3, 0.4) is 0 Å². The highest BCUT2D eigenvalue weighted by Gasteiger charge is 2.07. The Morgan fingerprint density at radius 3 is 2.81 bits per heavy atom. The van der Waals surface area contributed by atoms with Gasteiger partial charge in [0.05, 0.1) is 18.9 Å². The number of nitrogen functional groups attached to an aromatic ring is 1. The third-order valence-electron chi connectivity index (χ3n) is 3.15. The lowest BCUT2D eigenvalue weighted by Crippen LogP contribution is -2.01.